The van der Waals surface area contributed by atoms with E-state index in [4.69, 9.17) is 0 Å². The van der Waals surface area contributed by atoms with Crippen molar-refractivity contribution in [2.45, 2.75) is 51.0 Å². The van der Waals surface area contributed by atoms with Crippen LogP contribution in [0.3, 0.4) is 0 Å². The molecule has 1 saturated heterocycles. The van der Waals surface area contributed by atoms with Crippen molar-refractivity contribution in [1.82, 2.24) is 10.2 Å². The molecule has 132 valence electrons. The molecule has 0 bridgehead atoms. The largest absolute Gasteiger partial charge is 0.325 e. The predicted octanol–water partition coefficient (Wildman–Crippen LogP) is 2.14. The number of hydrogen-bond donors (Lipinski definition) is 1. The maximum atomic E-state index is 12.8. The fraction of sp³-hybridized carbons (Fsp3) is 0.526. The number of rotatable bonds is 2. The highest BCUT2D eigenvalue weighted by Crippen LogP contribution is 2.35. The molecule has 4 rings (SSSR count). The summed E-state index contributed by atoms with van der Waals surface area (Å²) in [6.45, 7) is 2.48. The molecule has 2 aliphatic heterocycles. The van der Waals surface area contributed by atoms with Gasteiger partial charge in [-0.25, -0.2) is 4.79 Å². The van der Waals surface area contributed by atoms with E-state index in [1.165, 1.54) is 5.56 Å². The van der Waals surface area contributed by atoms with Gasteiger partial charge in [0.25, 0.3) is 5.91 Å². The van der Waals surface area contributed by atoms with Crippen LogP contribution < -0.4 is 10.2 Å². The Morgan fingerprint density at radius 3 is 2.72 bits per heavy atom. The van der Waals surface area contributed by atoms with Crippen LogP contribution in [-0.2, 0) is 16.0 Å². The number of fused-ring (bicyclic) bond motifs is 1. The molecule has 6 nitrogen and oxygen atoms in total. The molecule has 1 aromatic rings. The van der Waals surface area contributed by atoms with E-state index in [1.54, 1.807) is 4.90 Å². The maximum Gasteiger partial charge on any atom is 0.325 e. The Labute approximate surface area is 147 Å². The molecule has 2 heterocycles. The molecule has 4 amide bonds. The number of carbonyl (C=O) groups excluding carboxylic acids is 3. The summed E-state index contributed by atoms with van der Waals surface area (Å²) in [6.07, 6.45) is 5.07. The van der Waals surface area contributed by atoms with E-state index in [2.05, 4.69) is 11.4 Å². The summed E-state index contributed by atoms with van der Waals surface area (Å²) >= 11 is 0. The summed E-state index contributed by atoms with van der Waals surface area (Å²) in [5.74, 6) is -0.423. The highest BCUT2D eigenvalue weighted by Gasteiger charge is 2.52. The summed E-state index contributed by atoms with van der Waals surface area (Å²) < 4.78 is 0. The highest BCUT2D eigenvalue weighted by atomic mass is 16.2. The number of carbonyl (C=O) groups is 3. The SMILES string of the molecule is Cc1ccc2c(c1)CCCN2C(=O)CN1C(=O)NC2(CCCC2)C1=O. The lowest BCUT2D eigenvalue weighted by atomic mass is 9.98. The first-order valence-electron chi connectivity index (χ1n) is 9.04. The maximum absolute atomic E-state index is 12.8. The Morgan fingerprint density at radius 2 is 1.96 bits per heavy atom. The van der Waals surface area contributed by atoms with Crippen molar-refractivity contribution in [3.8, 4) is 0 Å². The van der Waals surface area contributed by atoms with Crippen LogP contribution in [-0.4, -0.2) is 41.4 Å². The number of nitrogens with one attached hydrogen (secondary N) is 1. The van der Waals surface area contributed by atoms with Gasteiger partial charge in [-0.2, -0.15) is 0 Å². The third kappa shape index (κ3) is 2.60. The summed E-state index contributed by atoms with van der Waals surface area (Å²) in [7, 11) is 0. The third-order valence-electron chi connectivity index (χ3n) is 5.65. The van der Waals surface area contributed by atoms with Crippen LogP contribution in [0.2, 0.25) is 0 Å². The number of imide groups is 1. The van der Waals surface area contributed by atoms with Gasteiger partial charge in [0.15, 0.2) is 0 Å². The third-order valence-corrected chi connectivity index (χ3v) is 5.65. The van der Waals surface area contributed by atoms with Crippen molar-refractivity contribution in [1.29, 1.82) is 0 Å². The fourth-order valence-corrected chi connectivity index (χ4v) is 4.34. The Hall–Kier alpha value is -2.37. The van der Waals surface area contributed by atoms with Crippen LogP contribution in [0.15, 0.2) is 18.2 Å². The summed E-state index contributed by atoms with van der Waals surface area (Å²) in [4.78, 5) is 40.7. The molecule has 0 atom stereocenters. The average molecular weight is 341 g/mol. The first-order valence-corrected chi connectivity index (χ1v) is 9.04. The van der Waals surface area contributed by atoms with E-state index in [0.29, 0.717) is 19.4 Å². The minimum absolute atomic E-state index is 0.181. The smallest absolute Gasteiger partial charge is 0.323 e. The van der Waals surface area contributed by atoms with Crippen LogP contribution in [0.1, 0.15) is 43.2 Å². The van der Waals surface area contributed by atoms with E-state index < -0.39 is 11.6 Å². The Bertz CT molecular complexity index is 752. The van der Waals surface area contributed by atoms with Gasteiger partial charge >= 0.3 is 6.03 Å². The molecular weight excluding hydrogens is 318 g/mol. The van der Waals surface area contributed by atoms with Crippen LogP contribution >= 0.6 is 0 Å². The molecule has 0 aromatic heterocycles. The van der Waals surface area contributed by atoms with Crippen molar-refractivity contribution in [2.24, 2.45) is 0 Å². The molecule has 3 aliphatic rings. The number of aryl methyl sites for hydroxylation is 2. The molecule has 0 unspecified atom stereocenters. The lowest BCUT2D eigenvalue weighted by Gasteiger charge is -2.31. The van der Waals surface area contributed by atoms with Gasteiger partial charge in [0.2, 0.25) is 5.91 Å². The lowest BCUT2D eigenvalue weighted by molar-refractivity contribution is -0.134. The van der Waals surface area contributed by atoms with Gasteiger partial charge in [-0.05, 0) is 44.2 Å². The summed E-state index contributed by atoms with van der Waals surface area (Å²) in [6, 6.07) is 5.63. The normalized spacial score (nSPS) is 21.6. The number of urea groups is 1. The first-order chi connectivity index (χ1) is 12.0. The number of nitrogens with zero attached hydrogens (tertiary/aromatic N) is 2. The second-order valence-corrected chi connectivity index (χ2v) is 7.39. The quantitative estimate of drug-likeness (QED) is 0.838. The molecule has 1 aliphatic carbocycles. The lowest BCUT2D eigenvalue weighted by Crippen LogP contribution is -2.47. The predicted molar refractivity (Wildman–Crippen MR) is 93.3 cm³/mol. The molecule has 1 spiro atoms. The summed E-state index contributed by atoms with van der Waals surface area (Å²) in [5, 5.41) is 2.83. The molecule has 2 fully saturated rings. The zero-order valence-corrected chi connectivity index (χ0v) is 14.5. The molecular formula is C19H23N3O3. The van der Waals surface area contributed by atoms with Gasteiger partial charge in [-0.1, -0.05) is 30.5 Å². The van der Waals surface area contributed by atoms with E-state index in [0.717, 1.165) is 41.8 Å². The van der Waals surface area contributed by atoms with Gasteiger partial charge < -0.3 is 10.2 Å². The van der Waals surface area contributed by atoms with Gasteiger partial charge in [0, 0.05) is 12.2 Å². The van der Waals surface area contributed by atoms with Crippen LogP contribution in [0, 0.1) is 6.92 Å². The van der Waals surface area contributed by atoms with E-state index >= 15 is 0 Å². The number of anilines is 1. The number of benzene rings is 1. The molecule has 25 heavy (non-hydrogen) atoms. The summed E-state index contributed by atoms with van der Waals surface area (Å²) in [5.41, 5.74) is 2.48. The highest BCUT2D eigenvalue weighted by molar-refractivity contribution is 6.10. The van der Waals surface area contributed by atoms with Gasteiger partial charge in [0.05, 0.1) is 0 Å². The van der Waals surface area contributed by atoms with Crippen molar-refractivity contribution >= 4 is 23.5 Å². The van der Waals surface area contributed by atoms with Crippen molar-refractivity contribution in [3.63, 3.8) is 0 Å². The van der Waals surface area contributed by atoms with Gasteiger partial charge in [-0.15, -0.1) is 0 Å². The van der Waals surface area contributed by atoms with Crippen LogP contribution in [0.25, 0.3) is 0 Å². The van der Waals surface area contributed by atoms with Crippen molar-refractivity contribution < 1.29 is 14.4 Å². The Balaban J connectivity index is 1.53. The van der Waals surface area contributed by atoms with Crippen molar-refractivity contribution in [3.05, 3.63) is 29.3 Å². The molecule has 1 saturated carbocycles. The average Bonchev–Trinajstić information content (AvgIpc) is 3.15. The fourth-order valence-electron chi connectivity index (χ4n) is 4.34. The van der Waals surface area contributed by atoms with E-state index in [-0.39, 0.29) is 18.4 Å². The zero-order valence-electron chi connectivity index (χ0n) is 14.5. The second kappa shape index (κ2) is 5.86. The van der Waals surface area contributed by atoms with Gasteiger partial charge in [0.1, 0.15) is 12.1 Å². The Morgan fingerprint density at radius 1 is 1.20 bits per heavy atom. The van der Waals surface area contributed by atoms with E-state index in [9.17, 15) is 14.4 Å². The minimum atomic E-state index is -0.756. The van der Waals surface area contributed by atoms with E-state index in [1.807, 2.05) is 19.1 Å². The zero-order chi connectivity index (χ0) is 17.6. The Kier molecular flexibility index (Phi) is 3.78. The number of hydrogen-bond acceptors (Lipinski definition) is 3. The van der Waals surface area contributed by atoms with Crippen LogP contribution in [0.5, 0.6) is 0 Å². The first kappa shape index (κ1) is 16.1. The van der Waals surface area contributed by atoms with Crippen molar-refractivity contribution in [2.75, 3.05) is 18.0 Å². The monoisotopic (exact) mass is 341 g/mol. The van der Waals surface area contributed by atoms with Crippen LogP contribution in [0.4, 0.5) is 10.5 Å². The molecule has 6 heteroatoms. The van der Waals surface area contributed by atoms with Gasteiger partial charge in [-0.3, -0.25) is 14.5 Å². The molecule has 1 aromatic carbocycles. The topological polar surface area (TPSA) is 69.7 Å². The minimum Gasteiger partial charge on any atom is -0.323 e. The molecule has 0 radical (unpaired) electrons. The molecule has 1 N–H and O–H groups in total. The second-order valence-electron chi connectivity index (χ2n) is 7.39. The standard InChI is InChI=1S/C19H23N3O3/c1-13-6-7-15-14(11-13)5-4-10-21(15)16(23)12-22-17(24)19(20-18(22)25)8-2-3-9-19/h6-7,11H,2-5,8-10,12H2,1H3,(H,20,25). The number of amides is 4.